The summed E-state index contributed by atoms with van der Waals surface area (Å²) in [4.78, 5) is 0. The molecule has 2 aromatic rings. The monoisotopic (exact) mass is 286 g/mol. The van der Waals surface area contributed by atoms with Crippen LogP contribution in [0.15, 0.2) is 48.5 Å². The quantitative estimate of drug-likeness (QED) is 0.575. The van der Waals surface area contributed by atoms with Gasteiger partial charge in [-0.25, -0.2) is 0 Å². The highest BCUT2D eigenvalue weighted by Gasteiger charge is 1.99. The number of nitrogens with two attached hydrogens (primary N) is 1. The molecular weight excluding hydrogens is 264 g/mol. The number of benzene rings is 2. The van der Waals surface area contributed by atoms with Gasteiger partial charge in [0.2, 0.25) is 0 Å². The number of nitrogen functional groups attached to an aromatic ring is 1. The Hall–Kier alpha value is -2.36. The lowest BCUT2D eigenvalue weighted by molar-refractivity contribution is 0.315. The van der Waals surface area contributed by atoms with Crippen LogP contribution in [0.1, 0.15) is 13.3 Å². The van der Waals surface area contributed by atoms with Crippen molar-refractivity contribution in [3.8, 4) is 11.5 Å². The van der Waals surface area contributed by atoms with E-state index in [1.54, 1.807) is 0 Å². The van der Waals surface area contributed by atoms with Gasteiger partial charge in [0.15, 0.2) is 0 Å². The van der Waals surface area contributed by atoms with Gasteiger partial charge in [-0.1, -0.05) is 18.2 Å². The summed E-state index contributed by atoms with van der Waals surface area (Å²) < 4.78 is 11.1. The number of rotatable bonds is 8. The third-order valence-corrected chi connectivity index (χ3v) is 2.90. The molecule has 0 saturated carbocycles. The minimum atomic E-state index is 0.633. The topological polar surface area (TPSA) is 56.5 Å². The van der Waals surface area contributed by atoms with Crippen LogP contribution in [0.4, 0.5) is 11.4 Å². The SMILES string of the molecule is CCOc1cc(N)cc(NCCCOc2ccccc2)c1. The second-order valence-corrected chi connectivity index (χ2v) is 4.67. The Morgan fingerprint density at radius 2 is 1.81 bits per heavy atom. The number of nitrogens with one attached hydrogen (secondary N) is 1. The fraction of sp³-hybridized carbons (Fsp3) is 0.294. The number of para-hydroxylation sites is 1. The largest absolute Gasteiger partial charge is 0.494 e. The van der Waals surface area contributed by atoms with E-state index in [2.05, 4.69) is 5.32 Å². The molecule has 0 spiro atoms. The van der Waals surface area contributed by atoms with Crippen molar-refractivity contribution < 1.29 is 9.47 Å². The van der Waals surface area contributed by atoms with Gasteiger partial charge in [-0.3, -0.25) is 0 Å². The molecule has 0 saturated heterocycles. The zero-order chi connectivity index (χ0) is 14.9. The van der Waals surface area contributed by atoms with Gasteiger partial charge in [0.05, 0.1) is 13.2 Å². The molecule has 0 aliphatic heterocycles. The number of ether oxygens (including phenoxy) is 2. The first-order chi connectivity index (χ1) is 10.3. The Kier molecular flexibility index (Phi) is 5.76. The first-order valence-electron chi connectivity index (χ1n) is 7.23. The maximum atomic E-state index is 5.85. The van der Waals surface area contributed by atoms with E-state index in [4.69, 9.17) is 15.2 Å². The van der Waals surface area contributed by atoms with Crippen molar-refractivity contribution in [1.29, 1.82) is 0 Å². The molecule has 0 fully saturated rings. The average Bonchev–Trinajstić information content (AvgIpc) is 2.48. The Bertz CT molecular complexity index is 544. The molecule has 0 aromatic heterocycles. The highest BCUT2D eigenvalue weighted by Crippen LogP contribution is 2.22. The molecule has 0 amide bonds. The summed E-state index contributed by atoms with van der Waals surface area (Å²) in [5.74, 6) is 1.70. The van der Waals surface area contributed by atoms with E-state index in [0.717, 1.165) is 30.2 Å². The predicted octanol–water partition coefficient (Wildman–Crippen LogP) is 3.55. The Labute approximate surface area is 125 Å². The van der Waals surface area contributed by atoms with Crippen molar-refractivity contribution in [2.45, 2.75) is 13.3 Å². The van der Waals surface area contributed by atoms with E-state index < -0.39 is 0 Å². The molecule has 3 N–H and O–H groups in total. The van der Waals surface area contributed by atoms with Crippen molar-refractivity contribution in [2.75, 3.05) is 30.8 Å². The van der Waals surface area contributed by atoms with E-state index in [-0.39, 0.29) is 0 Å². The van der Waals surface area contributed by atoms with Crippen molar-refractivity contribution in [3.63, 3.8) is 0 Å². The highest BCUT2D eigenvalue weighted by atomic mass is 16.5. The van der Waals surface area contributed by atoms with E-state index in [1.807, 2.05) is 55.5 Å². The van der Waals surface area contributed by atoms with Crippen LogP contribution in [0.2, 0.25) is 0 Å². The first kappa shape index (κ1) is 15.0. The van der Waals surface area contributed by atoms with Gasteiger partial charge >= 0.3 is 0 Å². The molecule has 21 heavy (non-hydrogen) atoms. The summed E-state index contributed by atoms with van der Waals surface area (Å²) in [5.41, 5.74) is 7.52. The smallest absolute Gasteiger partial charge is 0.123 e. The Morgan fingerprint density at radius 1 is 1.00 bits per heavy atom. The van der Waals surface area contributed by atoms with Gasteiger partial charge in [-0.15, -0.1) is 0 Å². The van der Waals surface area contributed by atoms with Gasteiger partial charge in [-0.2, -0.15) is 0 Å². The number of hydrogen-bond acceptors (Lipinski definition) is 4. The Morgan fingerprint density at radius 3 is 2.57 bits per heavy atom. The fourth-order valence-corrected chi connectivity index (χ4v) is 1.99. The van der Waals surface area contributed by atoms with Crippen LogP contribution in [0, 0.1) is 0 Å². The molecular formula is C17H22N2O2. The standard InChI is InChI=1S/C17H22N2O2/c1-2-20-17-12-14(18)11-15(13-17)19-9-6-10-21-16-7-4-3-5-8-16/h3-5,7-8,11-13,19H,2,6,9-10,18H2,1H3. The van der Waals surface area contributed by atoms with Crippen LogP contribution >= 0.6 is 0 Å². The average molecular weight is 286 g/mol. The van der Waals surface area contributed by atoms with Crippen LogP contribution in [0.5, 0.6) is 11.5 Å². The summed E-state index contributed by atoms with van der Waals surface area (Å²) in [6, 6.07) is 15.5. The van der Waals surface area contributed by atoms with Crippen LogP contribution in [-0.4, -0.2) is 19.8 Å². The molecule has 0 unspecified atom stereocenters. The molecule has 0 aliphatic rings. The van der Waals surface area contributed by atoms with Crippen molar-refractivity contribution in [1.82, 2.24) is 0 Å². The zero-order valence-electron chi connectivity index (χ0n) is 12.3. The summed E-state index contributed by atoms with van der Waals surface area (Å²) in [7, 11) is 0. The van der Waals surface area contributed by atoms with Crippen molar-refractivity contribution in [2.24, 2.45) is 0 Å². The maximum absolute atomic E-state index is 5.85. The van der Waals surface area contributed by atoms with E-state index in [1.165, 1.54) is 0 Å². The van der Waals surface area contributed by atoms with E-state index >= 15 is 0 Å². The fourth-order valence-electron chi connectivity index (χ4n) is 1.99. The predicted molar refractivity (Wildman–Crippen MR) is 87.1 cm³/mol. The van der Waals surface area contributed by atoms with E-state index in [0.29, 0.717) is 18.9 Å². The summed E-state index contributed by atoms with van der Waals surface area (Å²) in [6.07, 6.45) is 0.910. The summed E-state index contributed by atoms with van der Waals surface area (Å²) >= 11 is 0. The molecule has 4 heteroatoms. The molecule has 4 nitrogen and oxygen atoms in total. The lowest BCUT2D eigenvalue weighted by atomic mass is 10.2. The molecule has 0 bridgehead atoms. The van der Waals surface area contributed by atoms with Crippen LogP contribution < -0.4 is 20.5 Å². The van der Waals surface area contributed by atoms with Crippen molar-refractivity contribution in [3.05, 3.63) is 48.5 Å². The van der Waals surface area contributed by atoms with Gasteiger partial charge in [-0.05, 0) is 31.5 Å². The van der Waals surface area contributed by atoms with Gasteiger partial charge in [0, 0.05) is 30.1 Å². The van der Waals surface area contributed by atoms with Gasteiger partial charge in [0.25, 0.3) is 0 Å². The van der Waals surface area contributed by atoms with Crippen molar-refractivity contribution >= 4 is 11.4 Å². The minimum Gasteiger partial charge on any atom is -0.494 e. The summed E-state index contributed by atoms with van der Waals surface area (Å²) in [6.45, 7) is 4.09. The Balaban J connectivity index is 1.73. The molecule has 0 radical (unpaired) electrons. The third-order valence-electron chi connectivity index (χ3n) is 2.90. The van der Waals surface area contributed by atoms with E-state index in [9.17, 15) is 0 Å². The number of hydrogen-bond donors (Lipinski definition) is 2. The lowest BCUT2D eigenvalue weighted by Gasteiger charge is -2.11. The first-order valence-corrected chi connectivity index (χ1v) is 7.23. The molecule has 112 valence electrons. The lowest BCUT2D eigenvalue weighted by Crippen LogP contribution is -2.07. The number of anilines is 2. The molecule has 0 heterocycles. The molecule has 2 aromatic carbocycles. The molecule has 0 aliphatic carbocycles. The summed E-state index contributed by atoms with van der Waals surface area (Å²) in [5, 5.41) is 3.33. The minimum absolute atomic E-state index is 0.633. The van der Waals surface area contributed by atoms with Gasteiger partial charge < -0.3 is 20.5 Å². The van der Waals surface area contributed by atoms with Crippen LogP contribution in [0.3, 0.4) is 0 Å². The normalized spacial score (nSPS) is 10.1. The maximum Gasteiger partial charge on any atom is 0.123 e. The van der Waals surface area contributed by atoms with Gasteiger partial charge in [0.1, 0.15) is 11.5 Å². The van der Waals surface area contributed by atoms with Crippen LogP contribution in [-0.2, 0) is 0 Å². The second-order valence-electron chi connectivity index (χ2n) is 4.67. The molecule has 2 rings (SSSR count). The molecule has 0 atom stereocenters. The van der Waals surface area contributed by atoms with Crippen LogP contribution in [0.25, 0.3) is 0 Å². The zero-order valence-corrected chi connectivity index (χ0v) is 12.3. The third kappa shape index (κ3) is 5.26. The second kappa shape index (κ2) is 8.04. The highest BCUT2D eigenvalue weighted by molar-refractivity contribution is 5.59.